The number of hydrogen-bond acceptors (Lipinski definition) is 5. The Morgan fingerprint density at radius 3 is 2.74 bits per heavy atom. The standard InChI is InChI=1S/C11H18N4O4/c1-3-4-8(10(16)17)14-11(18)12-6-5-9-13-7(2)15-19-9/h8H,3-6H2,1-2H3,(H,16,17)(H2,12,14,18). The predicted octanol–water partition coefficient (Wildman–Crippen LogP) is 0.473. The van der Waals surface area contributed by atoms with Crippen LogP contribution in [0.25, 0.3) is 0 Å². The van der Waals surface area contributed by atoms with Crippen molar-refractivity contribution in [3.8, 4) is 0 Å². The van der Waals surface area contributed by atoms with Crippen molar-refractivity contribution in [1.29, 1.82) is 0 Å². The molecule has 3 N–H and O–H groups in total. The second-order valence-corrected chi connectivity index (χ2v) is 4.07. The van der Waals surface area contributed by atoms with Gasteiger partial charge in [0.25, 0.3) is 0 Å². The van der Waals surface area contributed by atoms with Crippen molar-refractivity contribution in [2.45, 2.75) is 39.2 Å². The molecule has 1 unspecified atom stereocenters. The Morgan fingerprint density at radius 2 is 2.21 bits per heavy atom. The van der Waals surface area contributed by atoms with Crippen LogP contribution in [0.3, 0.4) is 0 Å². The molecule has 0 aliphatic rings. The molecule has 1 atom stereocenters. The first-order valence-electron chi connectivity index (χ1n) is 6.09. The van der Waals surface area contributed by atoms with E-state index in [9.17, 15) is 9.59 Å². The molecule has 0 aliphatic heterocycles. The van der Waals surface area contributed by atoms with E-state index in [1.807, 2.05) is 6.92 Å². The van der Waals surface area contributed by atoms with E-state index in [0.717, 1.165) is 0 Å². The van der Waals surface area contributed by atoms with Gasteiger partial charge in [-0.2, -0.15) is 4.98 Å². The van der Waals surface area contributed by atoms with E-state index >= 15 is 0 Å². The fourth-order valence-electron chi connectivity index (χ4n) is 1.48. The van der Waals surface area contributed by atoms with Crippen LogP contribution in [0.1, 0.15) is 31.5 Å². The summed E-state index contributed by atoms with van der Waals surface area (Å²) < 4.78 is 4.88. The highest BCUT2D eigenvalue weighted by Crippen LogP contribution is 1.97. The molecule has 0 saturated carbocycles. The number of amides is 2. The molecule has 1 aromatic heterocycles. The lowest BCUT2D eigenvalue weighted by Crippen LogP contribution is -2.46. The molecule has 1 heterocycles. The average Bonchev–Trinajstić information content (AvgIpc) is 2.74. The smallest absolute Gasteiger partial charge is 0.326 e. The molecular formula is C11H18N4O4. The Hall–Kier alpha value is -2.12. The monoisotopic (exact) mass is 270 g/mol. The highest BCUT2D eigenvalue weighted by atomic mass is 16.5. The van der Waals surface area contributed by atoms with Crippen molar-refractivity contribution in [3.63, 3.8) is 0 Å². The van der Waals surface area contributed by atoms with Crippen molar-refractivity contribution in [2.75, 3.05) is 6.54 Å². The summed E-state index contributed by atoms with van der Waals surface area (Å²) in [6.07, 6.45) is 1.48. The van der Waals surface area contributed by atoms with Gasteiger partial charge in [-0.1, -0.05) is 18.5 Å². The second kappa shape index (κ2) is 7.34. The van der Waals surface area contributed by atoms with Crippen LogP contribution in [-0.4, -0.2) is 39.8 Å². The number of urea groups is 1. The number of nitrogens with one attached hydrogen (secondary N) is 2. The average molecular weight is 270 g/mol. The Labute approximate surface area is 110 Å². The molecule has 0 aliphatic carbocycles. The number of rotatable bonds is 7. The van der Waals surface area contributed by atoms with Gasteiger partial charge in [0.2, 0.25) is 5.89 Å². The van der Waals surface area contributed by atoms with Crippen molar-refractivity contribution in [1.82, 2.24) is 20.8 Å². The van der Waals surface area contributed by atoms with Crippen molar-refractivity contribution in [3.05, 3.63) is 11.7 Å². The van der Waals surface area contributed by atoms with E-state index < -0.39 is 18.0 Å². The summed E-state index contributed by atoms with van der Waals surface area (Å²) in [4.78, 5) is 26.3. The van der Waals surface area contributed by atoms with Gasteiger partial charge in [-0.25, -0.2) is 9.59 Å². The van der Waals surface area contributed by atoms with Crippen LogP contribution in [0.15, 0.2) is 4.52 Å². The Morgan fingerprint density at radius 1 is 1.47 bits per heavy atom. The minimum absolute atomic E-state index is 0.298. The molecule has 106 valence electrons. The lowest BCUT2D eigenvalue weighted by atomic mass is 10.2. The molecule has 0 spiro atoms. The van der Waals surface area contributed by atoms with Crippen molar-refractivity contribution < 1.29 is 19.2 Å². The summed E-state index contributed by atoms with van der Waals surface area (Å²) in [7, 11) is 0. The number of aliphatic carboxylic acids is 1. The number of aryl methyl sites for hydroxylation is 1. The Balaban J connectivity index is 2.28. The van der Waals surface area contributed by atoms with Gasteiger partial charge < -0.3 is 20.3 Å². The summed E-state index contributed by atoms with van der Waals surface area (Å²) in [6, 6.07) is -1.38. The van der Waals surface area contributed by atoms with Crippen LogP contribution in [-0.2, 0) is 11.2 Å². The maximum Gasteiger partial charge on any atom is 0.326 e. The number of carboxylic acid groups (broad SMARTS) is 1. The zero-order valence-electron chi connectivity index (χ0n) is 11.0. The van der Waals surface area contributed by atoms with E-state index in [2.05, 4.69) is 20.8 Å². The minimum Gasteiger partial charge on any atom is -0.480 e. The number of hydrogen-bond donors (Lipinski definition) is 3. The SMILES string of the molecule is CCCC(NC(=O)NCCc1nc(C)no1)C(=O)O. The number of carbonyl (C=O) groups excluding carboxylic acids is 1. The van der Waals surface area contributed by atoms with Crippen LogP contribution in [0.4, 0.5) is 4.79 Å². The molecular weight excluding hydrogens is 252 g/mol. The third-order valence-corrected chi connectivity index (χ3v) is 2.37. The van der Waals surface area contributed by atoms with Gasteiger partial charge >= 0.3 is 12.0 Å². The third kappa shape index (κ3) is 5.36. The highest BCUT2D eigenvalue weighted by molar-refractivity contribution is 5.82. The summed E-state index contributed by atoms with van der Waals surface area (Å²) >= 11 is 0. The first kappa shape index (κ1) is 14.9. The fourth-order valence-corrected chi connectivity index (χ4v) is 1.48. The van der Waals surface area contributed by atoms with Crippen LogP contribution < -0.4 is 10.6 Å². The number of aromatic nitrogens is 2. The molecule has 1 rings (SSSR count). The van der Waals surface area contributed by atoms with Gasteiger partial charge in [-0.3, -0.25) is 0 Å². The minimum atomic E-state index is -1.04. The Kier molecular flexibility index (Phi) is 5.77. The van der Waals surface area contributed by atoms with E-state index in [0.29, 0.717) is 37.5 Å². The van der Waals surface area contributed by atoms with Crippen molar-refractivity contribution >= 4 is 12.0 Å². The summed E-state index contributed by atoms with van der Waals surface area (Å²) in [5.74, 6) is -0.0704. The van der Waals surface area contributed by atoms with Crippen LogP contribution >= 0.6 is 0 Å². The highest BCUT2D eigenvalue weighted by Gasteiger charge is 2.18. The van der Waals surface area contributed by atoms with Gasteiger partial charge in [0.05, 0.1) is 0 Å². The maximum atomic E-state index is 11.5. The predicted molar refractivity (Wildman–Crippen MR) is 65.6 cm³/mol. The second-order valence-electron chi connectivity index (χ2n) is 4.07. The molecule has 0 saturated heterocycles. The number of carboxylic acids is 1. The summed E-state index contributed by atoms with van der Waals surface area (Å²) in [5, 5.41) is 17.4. The lowest BCUT2D eigenvalue weighted by Gasteiger charge is -2.13. The molecule has 19 heavy (non-hydrogen) atoms. The maximum absolute atomic E-state index is 11.5. The van der Waals surface area contributed by atoms with Gasteiger partial charge in [0.15, 0.2) is 5.82 Å². The van der Waals surface area contributed by atoms with Gasteiger partial charge in [0, 0.05) is 13.0 Å². The molecule has 2 amide bonds. The molecule has 0 bridgehead atoms. The van der Waals surface area contributed by atoms with Crippen LogP contribution in [0.2, 0.25) is 0 Å². The first-order valence-corrected chi connectivity index (χ1v) is 6.09. The Bertz CT molecular complexity index is 432. The lowest BCUT2D eigenvalue weighted by molar-refractivity contribution is -0.139. The van der Waals surface area contributed by atoms with Gasteiger partial charge in [0.1, 0.15) is 6.04 Å². The molecule has 0 radical (unpaired) electrons. The third-order valence-electron chi connectivity index (χ3n) is 2.37. The summed E-state index contributed by atoms with van der Waals surface area (Å²) in [5.41, 5.74) is 0. The molecule has 8 nitrogen and oxygen atoms in total. The van der Waals surface area contributed by atoms with Gasteiger partial charge in [-0.15, -0.1) is 0 Å². The quantitative estimate of drug-likeness (QED) is 0.663. The van der Waals surface area contributed by atoms with E-state index in [1.165, 1.54) is 0 Å². The first-order chi connectivity index (χ1) is 9.02. The molecule has 1 aromatic rings. The number of nitrogens with zero attached hydrogens (tertiary/aromatic N) is 2. The molecule has 8 heteroatoms. The van der Waals surface area contributed by atoms with Gasteiger partial charge in [-0.05, 0) is 13.3 Å². The van der Waals surface area contributed by atoms with E-state index in [1.54, 1.807) is 6.92 Å². The fraction of sp³-hybridized carbons (Fsp3) is 0.636. The van der Waals surface area contributed by atoms with Crippen LogP contribution in [0, 0.1) is 6.92 Å². The van der Waals surface area contributed by atoms with E-state index in [-0.39, 0.29) is 0 Å². The zero-order chi connectivity index (χ0) is 14.3. The van der Waals surface area contributed by atoms with E-state index in [4.69, 9.17) is 9.63 Å². The zero-order valence-corrected chi connectivity index (χ0v) is 11.0. The summed E-state index contributed by atoms with van der Waals surface area (Å²) in [6.45, 7) is 3.86. The molecule has 0 aromatic carbocycles. The molecule has 0 fully saturated rings. The van der Waals surface area contributed by atoms with Crippen LogP contribution in [0.5, 0.6) is 0 Å². The largest absolute Gasteiger partial charge is 0.480 e. The number of carbonyl (C=O) groups is 2. The normalized spacial score (nSPS) is 11.9. The topological polar surface area (TPSA) is 117 Å². The van der Waals surface area contributed by atoms with Crippen molar-refractivity contribution in [2.24, 2.45) is 0 Å².